The molecule has 1 fully saturated rings. The Morgan fingerprint density at radius 2 is 2.11 bits per heavy atom. The SMILES string of the molecule is CCn1cccc1CNC1CCCCC1C(C)C. The van der Waals surface area contributed by atoms with Crippen LogP contribution in [0.15, 0.2) is 18.3 Å². The Hall–Kier alpha value is -0.760. The molecule has 0 radical (unpaired) electrons. The summed E-state index contributed by atoms with van der Waals surface area (Å²) in [5.41, 5.74) is 1.42. The molecule has 0 spiro atoms. The number of aromatic nitrogens is 1. The Bertz CT molecular complexity index is 354. The van der Waals surface area contributed by atoms with E-state index in [2.05, 4.69) is 49.0 Å². The van der Waals surface area contributed by atoms with Gasteiger partial charge in [0.15, 0.2) is 0 Å². The maximum Gasteiger partial charge on any atom is 0.0361 e. The molecule has 0 saturated heterocycles. The Kier molecular flexibility index (Phi) is 4.87. The first-order valence-electron chi connectivity index (χ1n) is 7.59. The highest BCUT2D eigenvalue weighted by molar-refractivity contribution is 5.07. The fourth-order valence-electron chi connectivity index (χ4n) is 3.37. The van der Waals surface area contributed by atoms with Crippen LogP contribution in [0.5, 0.6) is 0 Å². The molecule has 2 atom stereocenters. The Labute approximate surface area is 112 Å². The molecule has 102 valence electrons. The van der Waals surface area contributed by atoms with Gasteiger partial charge < -0.3 is 9.88 Å². The fraction of sp³-hybridized carbons (Fsp3) is 0.750. The molecular weight excluding hydrogens is 220 g/mol. The van der Waals surface area contributed by atoms with Gasteiger partial charge >= 0.3 is 0 Å². The van der Waals surface area contributed by atoms with Crippen molar-refractivity contribution in [3.8, 4) is 0 Å². The molecule has 1 N–H and O–H groups in total. The monoisotopic (exact) mass is 248 g/mol. The van der Waals surface area contributed by atoms with Gasteiger partial charge in [0.1, 0.15) is 0 Å². The normalized spacial score (nSPS) is 24.7. The van der Waals surface area contributed by atoms with Crippen LogP contribution in [0.1, 0.15) is 52.1 Å². The lowest BCUT2D eigenvalue weighted by Crippen LogP contribution is -2.40. The molecule has 1 aliphatic rings. The molecule has 1 aromatic heterocycles. The van der Waals surface area contributed by atoms with Crippen LogP contribution >= 0.6 is 0 Å². The lowest BCUT2D eigenvalue weighted by Gasteiger charge is -2.35. The average Bonchev–Trinajstić information content (AvgIpc) is 2.84. The van der Waals surface area contributed by atoms with Gasteiger partial charge in [0.2, 0.25) is 0 Å². The smallest absolute Gasteiger partial charge is 0.0361 e. The molecule has 18 heavy (non-hydrogen) atoms. The third kappa shape index (κ3) is 3.17. The third-order valence-corrected chi connectivity index (χ3v) is 4.49. The van der Waals surface area contributed by atoms with Crippen molar-refractivity contribution in [1.29, 1.82) is 0 Å². The summed E-state index contributed by atoms with van der Waals surface area (Å²) < 4.78 is 2.33. The highest BCUT2D eigenvalue weighted by Crippen LogP contribution is 2.30. The molecular formula is C16H28N2. The summed E-state index contributed by atoms with van der Waals surface area (Å²) in [5, 5.41) is 3.81. The molecule has 2 heteroatoms. The van der Waals surface area contributed by atoms with Crippen LogP contribution in [0, 0.1) is 11.8 Å². The second-order valence-electron chi connectivity index (χ2n) is 5.97. The fourth-order valence-corrected chi connectivity index (χ4v) is 3.37. The molecule has 1 heterocycles. The van der Waals surface area contributed by atoms with E-state index in [-0.39, 0.29) is 0 Å². The zero-order chi connectivity index (χ0) is 13.0. The van der Waals surface area contributed by atoms with Gasteiger partial charge in [-0.05, 0) is 43.7 Å². The quantitative estimate of drug-likeness (QED) is 0.838. The van der Waals surface area contributed by atoms with E-state index in [4.69, 9.17) is 0 Å². The lowest BCUT2D eigenvalue weighted by molar-refractivity contribution is 0.204. The number of nitrogens with one attached hydrogen (secondary N) is 1. The van der Waals surface area contributed by atoms with Gasteiger partial charge in [-0.1, -0.05) is 26.7 Å². The molecule has 1 aromatic rings. The minimum atomic E-state index is 0.721. The van der Waals surface area contributed by atoms with Crippen LogP contribution in [-0.2, 0) is 13.1 Å². The Morgan fingerprint density at radius 3 is 2.83 bits per heavy atom. The first-order valence-corrected chi connectivity index (χ1v) is 7.59. The van der Waals surface area contributed by atoms with Crippen molar-refractivity contribution >= 4 is 0 Å². The van der Waals surface area contributed by atoms with E-state index in [1.54, 1.807) is 0 Å². The molecule has 0 aliphatic heterocycles. The number of hydrogen-bond donors (Lipinski definition) is 1. The molecule has 1 saturated carbocycles. The van der Waals surface area contributed by atoms with Gasteiger partial charge in [0, 0.05) is 31.0 Å². The molecule has 2 unspecified atom stereocenters. The summed E-state index contributed by atoms with van der Waals surface area (Å²) >= 11 is 0. The Balaban J connectivity index is 1.91. The summed E-state index contributed by atoms with van der Waals surface area (Å²) in [6, 6.07) is 5.12. The molecule has 2 rings (SSSR count). The van der Waals surface area contributed by atoms with Crippen LogP contribution in [0.2, 0.25) is 0 Å². The van der Waals surface area contributed by atoms with E-state index >= 15 is 0 Å². The third-order valence-electron chi connectivity index (χ3n) is 4.49. The van der Waals surface area contributed by atoms with Crippen molar-refractivity contribution in [2.24, 2.45) is 11.8 Å². The van der Waals surface area contributed by atoms with Gasteiger partial charge in [0.25, 0.3) is 0 Å². The van der Waals surface area contributed by atoms with Gasteiger partial charge in [-0.3, -0.25) is 0 Å². The van der Waals surface area contributed by atoms with Gasteiger partial charge in [0.05, 0.1) is 0 Å². The van der Waals surface area contributed by atoms with Crippen molar-refractivity contribution < 1.29 is 0 Å². The highest BCUT2D eigenvalue weighted by Gasteiger charge is 2.26. The van der Waals surface area contributed by atoms with Crippen molar-refractivity contribution in [1.82, 2.24) is 9.88 Å². The summed E-state index contributed by atoms with van der Waals surface area (Å²) in [6.45, 7) is 9.05. The van der Waals surface area contributed by atoms with Crippen molar-refractivity contribution in [2.75, 3.05) is 0 Å². The predicted octanol–water partition coefficient (Wildman–Crippen LogP) is 3.81. The molecule has 0 bridgehead atoms. The van der Waals surface area contributed by atoms with Crippen molar-refractivity contribution in [3.63, 3.8) is 0 Å². The summed E-state index contributed by atoms with van der Waals surface area (Å²) in [4.78, 5) is 0. The maximum absolute atomic E-state index is 3.81. The summed E-state index contributed by atoms with van der Waals surface area (Å²) in [6.07, 6.45) is 7.76. The zero-order valence-corrected chi connectivity index (χ0v) is 12.2. The lowest BCUT2D eigenvalue weighted by atomic mass is 9.78. The zero-order valence-electron chi connectivity index (χ0n) is 12.2. The van der Waals surface area contributed by atoms with Gasteiger partial charge in [-0.2, -0.15) is 0 Å². The van der Waals surface area contributed by atoms with E-state index in [0.717, 1.165) is 31.0 Å². The van der Waals surface area contributed by atoms with Crippen LogP contribution in [0.4, 0.5) is 0 Å². The van der Waals surface area contributed by atoms with Gasteiger partial charge in [-0.25, -0.2) is 0 Å². The van der Waals surface area contributed by atoms with E-state index in [0.29, 0.717) is 0 Å². The minimum Gasteiger partial charge on any atom is -0.351 e. The van der Waals surface area contributed by atoms with E-state index in [1.165, 1.54) is 31.4 Å². The first-order chi connectivity index (χ1) is 8.72. The predicted molar refractivity (Wildman–Crippen MR) is 77.5 cm³/mol. The molecule has 0 aromatic carbocycles. The maximum atomic E-state index is 3.81. The van der Waals surface area contributed by atoms with E-state index < -0.39 is 0 Å². The highest BCUT2D eigenvalue weighted by atomic mass is 15.0. The van der Waals surface area contributed by atoms with Crippen LogP contribution in [0.25, 0.3) is 0 Å². The van der Waals surface area contributed by atoms with E-state index in [9.17, 15) is 0 Å². The van der Waals surface area contributed by atoms with Gasteiger partial charge in [-0.15, -0.1) is 0 Å². The second-order valence-corrected chi connectivity index (χ2v) is 5.97. The first kappa shape index (κ1) is 13.7. The number of aryl methyl sites for hydroxylation is 1. The largest absolute Gasteiger partial charge is 0.351 e. The van der Waals surface area contributed by atoms with Crippen molar-refractivity contribution in [3.05, 3.63) is 24.0 Å². The average molecular weight is 248 g/mol. The molecule has 2 nitrogen and oxygen atoms in total. The second kappa shape index (κ2) is 6.42. The van der Waals surface area contributed by atoms with Crippen LogP contribution < -0.4 is 5.32 Å². The summed E-state index contributed by atoms with van der Waals surface area (Å²) in [5.74, 6) is 1.67. The topological polar surface area (TPSA) is 17.0 Å². The van der Waals surface area contributed by atoms with E-state index in [1.807, 2.05) is 0 Å². The number of hydrogen-bond acceptors (Lipinski definition) is 1. The molecule has 1 aliphatic carbocycles. The standard InChI is InChI=1S/C16H28N2/c1-4-18-11-7-8-14(18)12-17-16-10-6-5-9-15(16)13(2)3/h7-8,11,13,15-17H,4-6,9-10,12H2,1-3H3. The van der Waals surface area contributed by atoms with Crippen LogP contribution in [0.3, 0.4) is 0 Å². The molecule has 0 amide bonds. The Morgan fingerprint density at radius 1 is 1.33 bits per heavy atom. The number of rotatable bonds is 5. The van der Waals surface area contributed by atoms with Crippen molar-refractivity contribution in [2.45, 2.75) is 65.6 Å². The number of nitrogens with zero attached hydrogens (tertiary/aromatic N) is 1. The van der Waals surface area contributed by atoms with Crippen LogP contribution in [-0.4, -0.2) is 10.6 Å². The summed E-state index contributed by atoms with van der Waals surface area (Å²) in [7, 11) is 0. The minimum absolute atomic E-state index is 0.721.